The van der Waals surface area contributed by atoms with Crippen LogP contribution in [0.3, 0.4) is 0 Å². The maximum Gasteiger partial charge on any atom is 0.241 e. The van der Waals surface area contributed by atoms with Crippen molar-refractivity contribution in [1.82, 2.24) is 9.71 Å². The van der Waals surface area contributed by atoms with Crippen molar-refractivity contribution in [2.75, 3.05) is 0 Å². The first kappa shape index (κ1) is 18.0. The highest BCUT2D eigenvalue weighted by Crippen LogP contribution is 2.24. The molecular weight excluding hydrogens is 324 g/mol. The van der Waals surface area contributed by atoms with Crippen LogP contribution >= 0.6 is 0 Å². The Morgan fingerprint density at radius 2 is 1.92 bits per heavy atom. The molecule has 0 fully saturated rings. The third-order valence-electron chi connectivity index (χ3n) is 3.65. The van der Waals surface area contributed by atoms with Crippen molar-refractivity contribution in [3.63, 3.8) is 0 Å². The fraction of sp³-hybridized carbons (Fsp3) is 0.222. The SMILES string of the molecule is C=C(C(=O)CC)[C@H](NS(=O)(=O)c1ccc(C)cc1)c1cccnc1. The van der Waals surface area contributed by atoms with Crippen LogP contribution in [0.5, 0.6) is 0 Å². The van der Waals surface area contributed by atoms with E-state index >= 15 is 0 Å². The predicted molar refractivity (Wildman–Crippen MR) is 92.9 cm³/mol. The molecular formula is C18H20N2O3S. The lowest BCUT2D eigenvalue weighted by atomic mass is 9.98. The van der Waals surface area contributed by atoms with Gasteiger partial charge in [0, 0.05) is 24.4 Å². The van der Waals surface area contributed by atoms with Gasteiger partial charge in [-0.05, 0) is 30.7 Å². The van der Waals surface area contributed by atoms with Gasteiger partial charge in [0.25, 0.3) is 0 Å². The van der Waals surface area contributed by atoms with E-state index in [0.717, 1.165) is 5.56 Å². The smallest absolute Gasteiger partial charge is 0.241 e. The summed E-state index contributed by atoms with van der Waals surface area (Å²) in [6, 6.07) is 9.05. The van der Waals surface area contributed by atoms with Crippen molar-refractivity contribution in [3.8, 4) is 0 Å². The topological polar surface area (TPSA) is 76.1 Å². The van der Waals surface area contributed by atoms with Gasteiger partial charge in [-0.15, -0.1) is 0 Å². The average Bonchev–Trinajstić information content (AvgIpc) is 2.59. The Morgan fingerprint density at radius 3 is 2.46 bits per heavy atom. The van der Waals surface area contributed by atoms with E-state index < -0.39 is 16.1 Å². The minimum absolute atomic E-state index is 0.138. The Balaban J connectivity index is 2.39. The van der Waals surface area contributed by atoms with Crippen LogP contribution in [-0.2, 0) is 14.8 Å². The van der Waals surface area contributed by atoms with E-state index in [9.17, 15) is 13.2 Å². The third-order valence-corrected chi connectivity index (χ3v) is 5.09. The predicted octanol–water partition coefficient (Wildman–Crippen LogP) is 2.94. The Hall–Kier alpha value is -2.31. The van der Waals surface area contributed by atoms with Crippen LogP contribution in [0.1, 0.15) is 30.5 Å². The van der Waals surface area contributed by atoms with Crippen molar-refractivity contribution in [3.05, 3.63) is 72.1 Å². The van der Waals surface area contributed by atoms with Gasteiger partial charge in [0.05, 0.1) is 10.9 Å². The summed E-state index contributed by atoms with van der Waals surface area (Å²) in [6.45, 7) is 7.38. The number of hydrogen-bond acceptors (Lipinski definition) is 4. The average molecular weight is 344 g/mol. The van der Waals surface area contributed by atoms with Gasteiger partial charge in [-0.3, -0.25) is 9.78 Å². The summed E-state index contributed by atoms with van der Waals surface area (Å²) in [5, 5.41) is 0. The summed E-state index contributed by atoms with van der Waals surface area (Å²) in [5.74, 6) is -0.199. The summed E-state index contributed by atoms with van der Waals surface area (Å²) < 4.78 is 27.9. The largest absolute Gasteiger partial charge is 0.295 e. The van der Waals surface area contributed by atoms with E-state index in [1.165, 1.54) is 18.3 Å². The molecule has 0 unspecified atom stereocenters. The molecule has 2 aromatic rings. The molecule has 6 heteroatoms. The number of rotatable bonds is 7. The van der Waals surface area contributed by atoms with E-state index in [1.807, 2.05) is 6.92 Å². The number of benzene rings is 1. The number of aromatic nitrogens is 1. The number of carbonyl (C=O) groups is 1. The maximum atomic E-state index is 12.7. The number of ketones is 1. The van der Waals surface area contributed by atoms with Gasteiger partial charge < -0.3 is 0 Å². The van der Waals surface area contributed by atoms with Gasteiger partial charge >= 0.3 is 0 Å². The number of nitrogens with one attached hydrogen (secondary N) is 1. The summed E-state index contributed by atoms with van der Waals surface area (Å²) in [5.41, 5.74) is 1.73. The van der Waals surface area contributed by atoms with Crippen molar-refractivity contribution < 1.29 is 13.2 Å². The van der Waals surface area contributed by atoms with Gasteiger partial charge in [0.2, 0.25) is 10.0 Å². The number of Topliss-reactive ketones (excluding diaryl/α,β-unsaturated/α-hetero) is 1. The van der Waals surface area contributed by atoms with Crippen LogP contribution in [0.4, 0.5) is 0 Å². The monoisotopic (exact) mass is 344 g/mol. The number of sulfonamides is 1. The van der Waals surface area contributed by atoms with E-state index in [1.54, 1.807) is 37.4 Å². The molecule has 0 aliphatic carbocycles. The Kier molecular flexibility index (Phi) is 5.64. The highest BCUT2D eigenvalue weighted by Gasteiger charge is 2.26. The molecule has 0 spiro atoms. The third kappa shape index (κ3) is 4.15. The first-order chi connectivity index (χ1) is 11.3. The standard InChI is InChI=1S/C18H20N2O3S/c1-4-17(21)14(3)18(15-6-5-11-19-12-15)20-24(22,23)16-9-7-13(2)8-10-16/h5-12,18,20H,3-4H2,1-2H3/t18-/m0/s1. The molecule has 1 atom stereocenters. The van der Waals surface area contributed by atoms with Crippen LogP contribution < -0.4 is 4.72 Å². The van der Waals surface area contributed by atoms with E-state index in [4.69, 9.17) is 0 Å². The lowest BCUT2D eigenvalue weighted by Gasteiger charge is -2.20. The molecule has 0 amide bonds. The van der Waals surface area contributed by atoms with Gasteiger partial charge in [-0.2, -0.15) is 4.72 Å². The van der Waals surface area contributed by atoms with E-state index in [-0.39, 0.29) is 22.7 Å². The van der Waals surface area contributed by atoms with Crippen molar-refractivity contribution in [2.24, 2.45) is 0 Å². The maximum absolute atomic E-state index is 12.7. The number of carbonyl (C=O) groups excluding carboxylic acids is 1. The number of nitrogens with zero attached hydrogens (tertiary/aromatic N) is 1. The van der Waals surface area contributed by atoms with E-state index in [2.05, 4.69) is 16.3 Å². The van der Waals surface area contributed by atoms with Gasteiger partial charge in [0.15, 0.2) is 5.78 Å². The number of hydrogen-bond donors (Lipinski definition) is 1. The molecule has 0 bridgehead atoms. The van der Waals surface area contributed by atoms with Gasteiger partial charge in [-0.1, -0.05) is 37.3 Å². The molecule has 1 aromatic heterocycles. The first-order valence-corrected chi connectivity index (χ1v) is 9.04. The van der Waals surface area contributed by atoms with Gasteiger partial charge in [-0.25, -0.2) is 8.42 Å². The Morgan fingerprint density at radius 1 is 1.25 bits per heavy atom. The summed E-state index contributed by atoms with van der Waals surface area (Å²) in [4.78, 5) is 16.2. The highest BCUT2D eigenvalue weighted by molar-refractivity contribution is 7.89. The number of aryl methyl sites for hydroxylation is 1. The normalized spacial score (nSPS) is 12.6. The van der Waals surface area contributed by atoms with Crippen molar-refractivity contribution >= 4 is 15.8 Å². The molecule has 24 heavy (non-hydrogen) atoms. The van der Waals surface area contributed by atoms with Crippen molar-refractivity contribution in [2.45, 2.75) is 31.2 Å². The van der Waals surface area contributed by atoms with Crippen LogP contribution in [0, 0.1) is 6.92 Å². The molecule has 126 valence electrons. The second-order valence-electron chi connectivity index (χ2n) is 5.46. The Labute approximate surface area is 142 Å². The molecule has 1 heterocycles. The molecule has 0 aliphatic heterocycles. The molecule has 0 radical (unpaired) electrons. The summed E-state index contributed by atoms with van der Waals surface area (Å²) in [6.07, 6.45) is 3.36. The zero-order chi connectivity index (χ0) is 17.7. The quantitative estimate of drug-likeness (QED) is 0.784. The van der Waals surface area contributed by atoms with Crippen molar-refractivity contribution in [1.29, 1.82) is 0 Å². The second-order valence-corrected chi connectivity index (χ2v) is 7.17. The second kappa shape index (κ2) is 7.51. The minimum atomic E-state index is -3.80. The highest BCUT2D eigenvalue weighted by atomic mass is 32.2. The fourth-order valence-electron chi connectivity index (χ4n) is 2.22. The zero-order valence-electron chi connectivity index (χ0n) is 13.7. The van der Waals surface area contributed by atoms with Gasteiger partial charge in [0.1, 0.15) is 0 Å². The molecule has 2 rings (SSSR count). The minimum Gasteiger partial charge on any atom is -0.295 e. The summed E-state index contributed by atoms with van der Waals surface area (Å²) >= 11 is 0. The fourth-order valence-corrected chi connectivity index (χ4v) is 3.43. The zero-order valence-corrected chi connectivity index (χ0v) is 14.5. The first-order valence-electron chi connectivity index (χ1n) is 7.56. The molecule has 0 saturated heterocycles. The molecule has 0 aliphatic rings. The lowest BCUT2D eigenvalue weighted by molar-refractivity contribution is -0.115. The van der Waals surface area contributed by atoms with E-state index in [0.29, 0.717) is 5.56 Å². The lowest BCUT2D eigenvalue weighted by Crippen LogP contribution is -2.31. The van der Waals surface area contributed by atoms with Crippen LogP contribution in [0.15, 0.2) is 65.8 Å². The summed E-state index contributed by atoms with van der Waals surface area (Å²) in [7, 11) is -3.80. The van der Waals surface area contributed by atoms with Crippen LogP contribution in [0.2, 0.25) is 0 Å². The molecule has 1 aromatic carbocycles. The van der Waals surface area contributed by atoms with Crippen LogP contribution in [0.25, 0.3) is 0 Å². The molecule has 5 nitrogen and oxygen atoms in total. The van der Waals surface area contributed by atoms with Crippen LogP contribution in [-0.4, -0.2) is 19.2 Å². The molecule has 1 N–H and O–H groups in total. The Bertz CT molecular complexity index is 828. The number of pyridine rings is 1. The molecule has 0 saturated carbocycles.